The van der Waals surface area contributed by atoms with Crippen LogP contribution in [0.25, 0.3) is 0 Å². The highest BCUT2D eigenvalue weighted by atomic mass is 16.6. The van der Waals surface area contributed by atoms with Gasteiger partial charge >= 0.3 is 5.97 Å². The molecule has 2 aromatic carbocycles. The number of carboxylic acids is 1. The first-order valence-corrected chi connectivity index (χ1v) is 9.05. The summed E-state index contributed by atoms with van der Waals surface area (Å²) in [5.74, 6) is -0.796. The average molecular weight is 402 g/mol. The van der Waals surface area contributed by atoms with E-state index in [2.05, 4.69) is 5.32 Å². The Morgan fingerprint density at radius 1 is 1.03 bits per heavy atom. The zero-order chi connectivity index (χ0) is 21.4. The number of rotatable bonds is 10. The van der Waals surface area contributed by atoms with E-state index in [0.29, 0.717) is 31.1 Å². The van der Waals surface area contributed by atoms with Gasteiger partial charge in [-0.25, -0.2) is 4.79 Å². The monoisotopic (exact) mass is 402 g/mol. The summed E-state index contributed by atoms with van der Waals surface area (Å²) in [7, 11) is 0. The van der Waals surface area contributed by atoms with Gasteiger partial charge in [0.25, 0.3) is 11.6 Å². The molecular weight excluding hydrogens is 380 g/mol. The second-order valence-corrected chi connectivity index (χ2v) is 5.95. The Morgan fingerprint density at radius 3 is 2.34 bits per heavy atom. The van der Waals surface area contributed by atoms with Gasteiger partial charge in [-0.2, -0.15) is 0 Å². The van der Waals surface area contributed by atoms with E-state index < -0.39 is 16.8 Å². The molecule has 154 valence electrons. The highest BCUT2D eigenvalue weighted by Crippen LogP contribution is 2.28. The van der Waals surface area contributed by atoms with Crippen LogP contribution in [-0.2, 0) is 6.42 Å². The molecule has 0 saturated carbocycles. The zero-order valence-corrected chi connectivity index (χ0v) is 16.1. The summed E-state index contributed by atoms with van der Waals surface area (Å²) in [5, 5.41) is 22.7. The van der Waals surface area contributed by atoms with E-state index in [1.807, 2.05) is 26.0 Å². The number of aromatic carboxylic acids is 1. The molecule has 29 heavy (non-hydrogen) atoms. The largest absolute Gasteiger partial charge is 0.490 e. The Kier molecular flexibility index (Phi) is 7.53. The first-order chi connectivity index (χ1) is 13.9. The molecule has 0 aliphatic carbocycles. The van der Waals surface area contributed by atoms with Gasteiger partial charge in [-0.15, -0.1) is 0 Å². The van der Waals surface area contributed by atoms with Gasteiger partial charge in [-0.05, 0) is 44.0 Å². The summed E-state index contributed by atoms with van der Waals surface area (Å²) >= 11 is 0. The maximum Gasteiger partial charge on any atom is 0.336 e. The lowest BCUT2D eigenvalue weighted by atomic mass is 10.1. The van der Waals surface area contributed by atoms with E-state index in [0.717, 1.165) is 23.8 Å². The Balaban J connectivity index is 2.10. The third-order valence-electron chi connectivity index (χ3n) is 4.00. The second-order valence-electron chi connectivity index (χ2n) is 5.95. The molecular formula is C20H22N2O7. The van der Waals surface area contributed by atoms with Crippen LogP contribution in [0.15, 0.2) is 36.4 Å². The molecule has 0 aliphatic heterocycles. The van der Waals surface area contributed by atoms with Crippen molar-refractivity contribution in [2.24, 2.45) is 0 Å². The molecule has 0 aliphatic rings. The van der Waals surface area contributed by atoms with E-state index in [1.54, 1.807) is 6.07 Å². The number of carbonyl (C=O) groups is 2. The Morgan fingerprint density at radius 2 is 1.72 bits per heavy atom. The average Bonchev–Trinajstić information content (AvgIpc) is 2.69. The molecule has 9 heteroatoms. The Labute approximate surface area is 167 Å². The third kappa shape index (κ3) is 5.68. The fourth-order valence-corrected chi connectivity index (χ4v) is 2.69. The fraction of sp³-hybridized carbons (Fsp3) is 0.300. The van der Waals surface area contributed by atoms with Crippen molar-refractivity contribution in [1.82, 2.24) is 5.32 Å². The second kappa shape index (κ2) is 10.1. The molecule has 2 N–H and O–H groups in total. The Hall–Kier alpha value is -3.62. The molecule has 0 bridgehead atoms. The predicted octanol–water partition coefficient (Wildman–Crippen LogP) is 3.06. The van der Waals surface area contributed by atoms with E-state index in [-0.39, 0.29) is 23.4 Å². The van der Waals surface area contributed by atoms with Gasteiger partial charge in [0.15, 0.2) is 11.5 Å². The van der Waals surface area contributed by atoms with Crippen molar-refractivity contribution in [3.63, 3.8) is 0 Å². The lowest BCUT2D eigenvalue weighted by Gasteiger charge is -2.13. The van der Waals surface area contributed by atoms with Gasteiger partial charge in [-0.3, -0.25) is 14.9 Å². The highest BCUT2D eigenvalue weighted by molar-refractivity contribution is 6.05. The van der Waals surface area contributed by atoms with Gasteiger partial charge in [0, 0.05) is 18.7 Å². The lowest BCUT2D eigenvalue weighted by Crippen LogP contribution is -2.27. The minimum Gasteiger partial charge on any atom is -0.490 e. The molecule has 9 nitrogen and oxygen atoms in total. The first-order valence-electron chi connectivity index (χ1n) is 9.05. The number of amides is 1. The van der Waals surface area contributed by atoms with Gasteiger partial charge in [-0.1, -0.05) is 6.07 Å². The van der Waals surface area contributed by atoms with E-state index >= 15 is 0 Å². The molecule has 0 saturated heterocycles. The number of nitro benzene ring substituents is 1. The molecule has 1 amide bonds. The minimum absolute atomic E-state index is 0.208. The maximum absolute atomic E-state index is 12.4. The molecule has 0 fully saturated rings. The molecule has 2 rings (SSSR count). The van der Waals surface area contributed by atoms with Crippen molar-refractivity contribution < 1.29 is 29.1 Å². The first kappa shape index (κ1) is 21.7. The molecule has 0 heterocycles. The number of nitro groups is 1. The van der Waals surface area contributed by atoms with Crippen LogP contribution in [0.4, 0.5) is 5.69 Å². The van der Waals surface area contributed by atoms with E-state index in [4.69, 9.17) is 9.47 Å². The van der Waals surface area contributed by atoms with Crippen molar-refractivity contribution >= 4 is 17.6 Å². The Bertz CT molecular complexity index is 912. The van der Waals surface area contributed by atoms with Crippen LogP contribution < -0.4 is 14.8 Å². The summed E-state index contributed by atoms with van der Waals surface area (Å²) in [6.07, 6.45) is 0.454. The van der Waals surface area contributed by atoms with Crippen LogP contribution in [0.3, 0.4) is 0 Å². The van der Waals surface area contributed by atoms with Gasteiger partial charge in [0.1, 0.15) is 0 Å². The van der Waals surface area contributed by atoms with Crippen LogP contribution in [0.1, 0.15) is 40.1 Å². The quantitative estimate of drug-likeness (QED) is 0.462. The summed E-state index contributed by atoms with van der Waals surface area (Å²) in [6, 6.07) is 8.51. The number of carbonyl (C=O) groups excluding carboxylic acids is 1. The molecule has 0 unspecified atom stereocenters. The standard InChI is InChI=1S/C20H22N2O7/c1-3-28-17-8-5-13(11-18(17)29-4-2)9-10-21-19(23)16-12-14(22(26)27)6-7-15(16)20(24)25/h5-8,11-12H,3-4,9-10H2,1-2H3,(H,21,23)(H,24,25). The number of nitrogens with zero attached hydrogens (tertiary/aromatic N) is 1. The van der Waals surface area contributed by atoms with Crippen LogP contribution in [-0.4, -0.2) is 41.7 Å². The molecule has 0 aromatic heterocycles. The van der Waals surface area contributed by atoms with Gasteiger partial charge in [0.05, 0.1) is 29.3 Å². The molecule has 2 aromatic rings. The van der Waals surface area contributed by atoms with Crippen LogP contribution in [0.2, 0.25) is 0 Å². The normalized spacial score (nSPS) is 10.3. The number of non-ortho nitro benzene ring substituents is 1. The summed E-state index contributed by atoms with van der Waals surface area (Å²) in [5.41, 5.74) is -0.0241. The van der Waals surface area contributed by atoms with Crippen LogP contribution in [0.5, 0.6) is 11.5 Å². The van der Waals surface area contributed by atoms with Crippen molar-refractivity contribution in [2.45, 2.75) is 20.3 Å². The third-order valence-corrected chi connectivity index (χ3v) is 4.00. The van der Waals surface area contributed by atoms with Gasteiger partial charge < -0.3 is 19.9 Å². The van der Waals surface area contributed by atoms with Crippen molar-refractivity contribution in [3.8, 4) is 11.5 Å². The molecule has 0 spiro atoms. The van der Waals surface area contributed by atoms with Crippen molar-refractivity contribution in [3.05, 3.63) is 63.2 Å². The highest BCUT2D eigenvalue weighted by Gasteiger charge is 2.20. The van der Waals surface area contributed by atoms with E-state index in [1.165, 1.54) is 0 Å². The number of benzene rings is 2. The van der Waals surface area contributed by atoms with Crippen LogP contribution >= 0.6 is 0 Å². The lowest BCUT2D eigenvalue weighted by molar-refractivity contribution is -0.384. The number of carboxylic acid groups (broad SMARTS) is 1. The number of hydrogen-bond donors (Lipinski definition) is 2. The SMILES string of the molecule is CCOc1ccc(CCNC(=O)c2cc([N+](=O)[O-])ccc2C(=O)O)cc1OCC. The summed E-state index contributed by atoms with van der Waals surface area (Å²) in [4.78, 5) is 33.9. The van der Waals surface area contributed by atoms with Crippen molar-refractivity contribution in [1.29, 1.82) is 0 Å². The topological polar surface area (TPSA) is 128 Å². The number of nitrogens with one attached hydrogen (secondary N) is 1. The smallest absolute Gasteiger partial charge is 0.336 e. The molecule has 0 radical (unpaired) electrons. The minimum atomic E-state index is -1.34. The number of hydrogen-bond acceptors (Lipinski definition) is 6. The predicted molar refractivity (Wildman–Crippen MR) is 105 cm³/mol. The number of ether oxygens (including phenoxy) is 2. The summed E-state index contributed by atoms with van der Waals surface area (Å²) in [6.45, 7) is 4.93. The zero-order valence-electron chi connectivity index (χ0n) is 16.1. The van der Waals surface area contributed by atoms with Crippen molar-refractivity contribution in [2.75, 3.05) is 19.8 Å². The van der Waals surface area contributed by atoms with E-state index in [9.17, 15) is 24.8 Å². The maximum atomic E-state index is 12.4. The summed E-state index contributed by atoms with van der Waals surface area (Å²) < 4.78 is 11.1. The fourth-order valence-electron chi connectivity index (χ4n) is 2.69. The van der Waals surface area contributed by atoms with Gasteiger partial charge in [0.2, 0.25) is 0 Å². The molecule has 0 atom stereocenters. The van der Waals surface area contributed by atoms with Crippen LogP contribution in [0, 0.1) is 10.1 Å².